The molecule has 0 radical (unpaired) electrons. The monoisotopic (exact) mass is 327 g/mol. The zero-order chi connectivity index (χ0) is 16.0. The summed E-state index contributed by atoms with van der Waals surface area (Å²) in [4.78, 5) is 15.3. The van der Waals surface area contributed by atoms with Crippen LogP contribution in [0.2, 0.25) is 0 Å². The van der Waals surface area contributed by atoms with E-state index in [0.717, 1.165) is 24.4 Å². The second-order valence-corrected chi connectivity index (χ2v) is 7.69. The van der Waals surface area contributed by atoms with Crippen molar-refractivity contribution in [2.75, 3.05) is 10.7 Å². The van der Waals surface area contributed by atoms with E-state index in [4.69, 9.17) is 0 Å². The summed E-state index contributed by atoms with van der Waals surface area (Å²) in [5.74, 6) is 2.14. The van der Waals surface area contributed by atoms with Gasteiger partial charge in [0.1, 0.15) is 11.1 Å². The molecule has 5 heteroatoms. The fraction of sp³-hybridized carbons (Fsp3) is 0.444. The third kappa shape index (κ3) is 2.38. The molecule has 0 saturated heterocycles. The van der Waals surface area contributed by atoms with Gasteiger partial charge in [0.25, 0.3) is 0 Å². The van der Waals surface area contributed by atoms with Crippen molar-refractivity contribution < 1.29 is 4.79 Å². The van der Waals surface area contributed by atoms with Crippen molar-refractivity contribution in [1.82, 2.24) is 9.78 Å². The normalized spacial score (nSPS) is 26.5. The first-order valence-corrected chi connectivity index (χ1v) is 9.27. The minimum Gasteiger partial charge on any atom is -0.293 e. The molecule has 2 aromatic rings. The summed E-state index contributed by atoms with van der Waals surface area (Å²) < 4.78 is 1.98. The Hall–Kier alpha value is -1.75. The van der Waals surface area contributed by atoms with E-state index in [1.54, 1.807) is 18.0 Å². The first-order chi connectivity index (χ1) is 11.2. The van der Waals surface area contributed by atoms with Gasteiger partial charge in [-0.05, 0) is 43.6 Å². The Bertz CT molecular complexity index is 741. The molecule has 4 rings (SSSR count). The zero-order valence-corrected chi connectivity index (χ0v) is 14.3. The molecule has 2 aliphatic heterocycles. The predicted octanol–water partition coefficient (Wildman–Crippen LogP) is 3.60. The minimum absolute atomic E-state index is 0.0980. The molecule has 3 heterocycles. The van der Waals surface area contributed by atoms with E-state index in [-0.39, 0.29) is 17.2 Å². The van der Waals surface area contributed by atoms with Crippen LogP contribution in [-0.2, 0) is 11.2 Å². The topological polar surface area (TPSA) is 38.1 Å². The molecule has 0 N–H and O–H groups in total. The van der Waals surface area contributed by atoms with E-state index in [9.17, 15) is 4.79 Å². The molecule has 0 unspecified atom stereocenters. The van der Waals surface area contributed by atoms with Gasteiger partial charge in [-0.1, -0.05) is 24.3 Å². The van der Waals surface area contributed by atoms with Crippen LogP contribution in [0.3, 0.4) is 0 Å². The number of carbonyl (C=O) groups is 1. The van der Waals surface area contributed by atoms with E-state index in [0.29, 0.717) is 6.04 Å². The maximum atomic E-state index is 13.4. The highest BCUT2D eigenvalue weighted by atomic mass is 32.2. The fourth-order valence-corrected chi connectivity index (χ4v) is 5.06. The van der Waals surface area contributed by atoms with Gasteiger partial charge >= 0.3 is 0 Å². The van der Waals surface area contributed by atoms with Gasteiger partial charge in [0.2, 0.25) is 5.91 Å². The molecule has 0 spiro atoms. The molecular weight excluding hydrogens is 306 g/mol. The largest absolute Gasteiger partial charge is 0.293 e. The average molecular weight is 327 g/mol. The summed E-state index contributed by atoms with van der Waals surface area (Å²) >= 11 is 1.77. The van der Waals surface area contributed by atoms with Crippen LogP contribution in [0.4, 0.5) is 5.82 Å². The molecule has 2 aliphatic rings. The molecular formula is C18H21N3OS. The quantitative estimate of drug-likeness (QED) is 0.803. The Morgan fingerprint density at radius 2 is 2.04 bits per heavy atom. The summed E-state index contributed by atoms with van der Waals surface area (Å²) in [6.45, 7) is 4.31. The lowest BCUT2D eigenvalue weighted by molar-refractivity contribution is -0.119. The summed E-state index contributed by atoms with van der Waals surface area (Å²) in [6.07, 6.45) is 3.79. The first kappa shape index (κ1) is 14.8. The SMILES string of the molecule is C[C@@H]1C[C@H](C)N(C(=O)[C@@H]2SCCc3ccccc32)c2ccnn21. The van der Waals surface area contributed by atoms with E-state index in [1.807, 2.05) is 21.7 Å². The first-order valence-electron chi connectivity index (χ1n) is 8.23. The molecule has 4 nitrogen and oxygen atoms in total. The second kappa shape index (κ2) is 5.71. The Balaban J connectivity index is 1.72. The zero-order valence-electron chi connectivity index (χ0n) is 13.5. The number of aryl methyl sites for hydroxylation is 1. The summed E-state index contributed by atoms with van der Waals surface area (Å²) in [7, 11) is 0. The van der Waals surface area contributed by atoms with Crippen molar-refractivity contribution in [3.05, 3.63) is 47.7 Å². The highest BCUT2D eigenvalue weighted by molar-refractivity contribution is 8.00. The molecule has 1 aromatic heterocycles. The smallest absolute Gasteiger partial charge is 0.246 e. The van der Waals surface area contributed by atoms with Gasteiger partial charge in [0.05, 0.1) is 12.2 Å². The molecule has 1 aromatic carbocycles. The third-order valence-electron chi connectivity index (χ3n) is 4.89. The van der Waals surface area contributed by atoms with Crippen LogP contribution in [-0.4, -0.2) is 27.5 Å². The Morgan fingerprint density at radius 3 is 2.91 bits per heavy atom. The predicted molar refractivity (Wildman–Crippen MR) is 93.8 cm³/mol. The number of hydrogen-bond donors (Lipinski definition) is 0. The lowest BCUT2D eigenvalue weighted by Gasteiger charge is -2.39. The number of benzene rings is 1. The van der Waals surface area contributed by atoms with Crippen LogP contribution >= 0.6 is 11.8 Å². The van der Waals surface area contributed by atoms with Crippen molar-refractivity contribution >= 4 is 23.5 Å². The molecule has 0 fully saturated rings. The van der Waals surface area contributed by atoms with Gasteiger partial charge < -0.3 is 0 Å². The second-order valence-electron chi connectivity index (χ2n) is 6.48. The molecule has 1 amide bonds. The molecule has 0 saturated carbocycles. The lowest BCUT2D eigenvalue weighted by Crippen LogP contribution is -2.47. The highest BCUT2D eigenvalue weighted by Crippen LogP contribution is 2.41. The maximum absolute atomic E-state index is 13.4. The van der Waals surface area contributed by atoms with E-state index < -0.39 is 0 Å². The van der Waals surface area contributed by atoms with Crippen molar-refractivity contribution in [2.45, 2.75) is 44.0 Å². The summed E-state index contributed by atoms with van der Waals surface area (Å²) in [5.41, 5.74) is 2.50. The number of fused-ring (bicyclic) bond motifs is 2. The van der Waals surface area contributed by atoms with Crippen LogP contribution in [0.5, 0.6) is 0 Å². The number of thioether (sulfide) groups is 1. The van der Waals surface area contributed by atoms with Crippen LogP contribution in [0, 0.1) is 0 Å². The van der Waals surface area contributed by atoms with Crippen molar-refractivity contribution in [3.8, 4) is 0 Å². The Morgan fingerprint density at radius 1 is 1.22 bits per heavy atom. The standard InChI is InChI=1S/C18H21N3OS/c1-12-11-13(2)21-16(7-9-19-21)20(12)18(22)17-15-6-4-3-5-14(15)8-10-23-17/h3-7,9,12-13,17H,8,10-11H2,1-2H3/t12-,13+,17+/m0/s1. The Labute approximate surface area is 140 Å². The number of aromatic nitrogens is 2. The van der Waals surface area contributed by atoms with Crippen molar-refractivity contribution in [2.24, 2.45) is 0 Å². The minimum atomic E-state index is -0.0980. The molecule has 0 aliphatic carbocycles. The summed E-state index contributed by atoms with van der Waals surface area (Å²) in [5, 5.41) is 4.31. The van der Waals surface area contributed by atoms with Crippen molar-refractivity contribution in [3.63, 3.8) is 0 Å². The van der Waals surface area contributed by atoms with Gasteiger partial charge in [0.15, 0.2) is 0 Å². The number of anilines is 1. The highest BCUT2D eigenvalue weighted by Gasteiger charge is 2.38. The van der Waals surface area contributed by atoms with Gasteiger partial charge in [-0.15, -0.1) is 11.8 Å². The Kier molecular flexibility index (Phi) is 3.68. The molecule has 120 valence electrons. The van der Waals surface area contributed by atoms with E-state index in [2.05, 4.69) is 37.1 Å². The van der Waals surface area contributed by atoms with Gasteiger partial charge in [0, 0.05) is 12.1 Å². The van der Waals surface area contributed by atoms with Crippen LogP contribution in [0.15, 0.2) is 36.5 Å². The van der Waals surface area contributed by atoms with Crippen molar-refractivity contribution in [1.29, 1.82) is 0 Å². The van der Waals surface area contributed by atoms with Crippen LogP contribution < -0.4 is 4.90 Å². The number of nitrogens with zero attached hydrogens (tertiary/aromatic N) is 3. The molecule has 0 bridgehead atoms. The number of hydrogen-bond acceptors (Lipinski definition) is 3. The maximum Gasteiger partial charge on any atom is 0.246 e. The summed E-state index contributed by atoms with van der Waals surface area (Å²) in [6, 6.07) is 10.9. The number of rotatable bonds is 1. The van der Waals surface area contributed by atoms with Crippen LogP contribution in [0.1, 0.15) is 42.7 Å². The van der Waals surface area contributed by atoms with E-state index in [1.165, 1.54) is 11.1 Å². The van der Waals surface area contributed by atoms with Gasteiger partial charge in [-0.25, -0.2) is 4.68 Å². The van der Waals surface area contributed by atoms with Gasteiger partial charge in [-0.2, -0.15) is 5.10 Å². The lowest BCUT2D eigenvalue weighted by atomic mass is 9.99. The van der Waals surface area contributed by atoms with E-state index >= 15 is 0 Å². The number of amides is 1. The van der Waals surface area contributed by atoms with Gasteiger partial charge in [-0.3, -0.25) is 9.69 Å². The molecule has 3 atom stereocenters. The van der Waals surface area contributed by atoms with Crippen LogP contribution in [0.25, 0.3) is 0 Å². The fourth-order valence-electron chi connectivity index (χ4n) is 3.82. The molecule has 23 heavy (non-hydrogen) atoms. The third-order valence-corrected chi connectivity index (χ3v) is 6.12. The number of carbonyl (C=O) groups excluding carboxylic acids is 1. The average Bonchev–Trinajstić information content (AvgIpc) is 3.04.